The highest BCUT2D eigenvalue weighted by Crippen LogP contribution is 2.31. The van der Waals surface area contributed by atoms with E-state index in [4.69, 9.17) is 18.3 Å². The third-order valence-electron chi connectivity index (χ3n) is 4.47. The summed E-state index contributed by atoms with van der Waals surface area (Å²) < 4.78 is 21.7. The number of carbonyl (C=O) groups excluding carboxylic acids is 1. The number of rotatable bonds is 6. The van der Waals surface area contributed by atoms with Crippen molar-refractivity contribution in [3.8, 4) is 22.6 Å². The van der Waals surface area contributed by atoms with Crippen molar-refractivity contribution in [2.24, 2.45) is 0 Å². The standard InChI is InChI=1S/C23H18O7/c1-3-27-19-6-4-5-14-9-18(23(26)30-22(14)19)17-11-21(25)29-20-10-15(7-8-16(17)20)28-12-13(2)24/h4-11H,3,12H2,1-2H3. The van der Waals surface area contributed by atoms with Gasteiger partial charge in [0.1, 0.15) is 17.9 Å². The van der Waals surface area contributed by atoms with Gasteiger partial charge in [0.05, 0.1) is 12.2 Å². The van der Waals surface area contributed by atoms with E-state index in [9.17, 15) is 14.4 Å². The lowest BCUT2D eigenvalue weighted by atomic mass is 10.0. The van der Waals surface area contributed by atoms with Crippen LogP contribution in [0.1, 0.15) is 13.8 Å². The van der Waals surface area contributed by atoms with Gasteiger partial charge in [0.25, 0.3) is 0 Å². The van der Waals surface area contributed by atoms with Crippen molar-refractivity contribution in [1.29, 1.82) is 0 Å². The maximum absolute atomic E-state index is 12.8. The van der Waals surface area contributed by atoms with Gasteiger partial charge in [-0.15, -0.1) is 0 Å². The van der Waals surface area contributed by atoms with Gasteiger partial charge < -0.3 is 18.3 Å². The molecule has 0 unspecified atom stereocenters. The molecule has 0 amide bonds. The Morgan fingerprint density at radius 2 is 1.80 bits per heavy atom. The summed E-state index contributed by atoms with van der Waals surface area (Å²) in [5, 5.41) is 1.20. The smallest absolute Gasteiger partial charge is 0.344 e. The number of fused-ring (bicyclic) bond motifs is 2. The lowest BCUT2D eigenvalue weighted by molar-refractivity contribution is -0.118. The van der Waals surface area contributed by atoms with Crippen LogP contribution < -0.4 is 20.7 Å². The minimum atomic E-state index is -0.621. The summed E-state index contributed by atoms with van der Waals surface area (Å²) in [6.07, 6.45) is 0. The predicted octanol–water partition coefficient (Wildman–Crippen LogP) is 3.93. The minimum Gasteiger partial charge on any atom is -0.490 e. The topological polar surface area (TPSA) is 96.0 Å². The van der Waals surface area contributed by atoms with Crippen LogP contribution in [0.4, 0.5) is 0 Å². The summed E-state index contributed by atoms with van der Waals surface area (Å²) in [6.45, 7) is 3.60. The molecule has 30 heavy (non-hydrogen) atoms. The molecular formula is C23H18O7. The van der Waals surface area contributed by atoms with Gasteiger partial charge in [0, 0.05) is 28.5 Å². The summed E-state index contributed by atoms with van der Waals surface area (Å²) >= 11 is 0. The van der Waals surface area contributed by atoms with E-state index >= 15 is 0 Å². The zero-order chi connectivity index (χ0) is 21.3. The van der Waals surface area contributed by atoms with Gasteiger partial charge in [0.2, 0.25) is 0 Å². The van der Waals surface area contributed by atoms with E-state index in [1.165, 1.54) is 19.1 Å². The van der Waals surface area contributed by atoms with E-state index < -0.39 is 11.3 Å². The van der Waals surface area contributed by atoms with Crippen LogP contribution in [0.5, 0.6) is 11.5 Å². The Bertz CT molecular complexity index is 1380. The molecule has 0 atom stereocenters. The first kappa shape index (κ1) is 19.4. The molecule has 0 bridgehead atoms. The highest BCUT2D eigenvalue weighted by Gasteiger charge is 2.16. The number of ether oxygens (including phenoxy) is 2. The molecule has 0 N–H and O–H groups in total. The molecule has 0 fully saturated rings. The fraction of sp³-hybridized carbons (Fsp3) is 0.174. The molecular weight excluding hydrogens is 388 g/mol. The number of Topliss-reactive ketones (excluding diaryl/α,β-unsaturated/α-hetero) is 1. The number of hydrogen-bond acceptors (Lipinski definition) is 7. The van der Waals surface area contributed by atoms with Gasteiger partial charge in [-0.05, 0) is 38.1 Å². The largest absolute Gasteiger partial charge is 0.490 e. The Morgan fingerprint density at radius 3 is 2.57 bits per heavy atom. The monoisotopic (exact) mass is 406 g/mol. The third-order valence-corrected chi connectivity index (χ3v) is 4.47. The normalized spacial score (nSPS) is 11.0. The maximum Gasteiger partial charge on any atom is 0.344 e. The molecule has 0 aliphatic heterocycles. The zero-order valence-electron chi connectivity index (χ0n) is 16.4. The van der Waals surface area contributed by atoms with Crippen LogP contribution in [-0.2, 0) is 4.79 Å². The van der Waals surface area contributed by atoms with Gasteiger partial charge in [-0.3, -0.25) is 4.79 Å². The molecule has 2 heterocycles. The molecule has 152 valence electrons. The van der Waals surface area contributed by atoms with Crippen molar-refractivity contribution in [3.05, 3.63) is 69.4 Å². The van der Waals surface area contributed by atoms with Crippen molar-refractivity contribution in [3.63, 3.8) is 0 Å². The van der Waals surface area contributed by atoms with E-state index in [1.807, 2.05) is 6.92 Å². The first-order valence-electron chi connectivity index (χ1n) is 9.36. The molecule has 7 heteroatoms. The van der Waals surface area contributed by atoms with Gasteiger partial charge in [-0.1, -0.05) is 12.1 Å². The SMILES string of the molecule is CCOc1cccc2cc(-c3cc(=O)oc4cc(OCC(C)=O)ccc34)c(=O)oc12. The molecule has 0 aliphatic rings. The van der Waals surface area contributed by atoms with Crippen molar-refractivity contribution < 1.29 is 23.1 Å². The lowest BCUT2D eigenvalue weighted by Crippen LogP contribution is -2.08. The Labute approximate surface area is 170 Å². The van der Waals surface area contributed by atoms with Crippen LogP contribution in [0, 0.1) is 0 Å². The van der Waals surface area contributed by atoms with E-state index in [1.54, 1.807) is 36.4 Å². The molecule has 7 nitrogen and oxygen atoms in total. The van der Waals surface area contributed by atoms with Crippen LogP contribution in [-0.4, -0.2) is 19.0 Å². The highest BCUT2D eigenvalue weighted by atomic mass is 16.5. The van der Waals surface area contributed by atoms with E-state index in [-0.39, 0.29) is 23.5 Å². The molecule has 0 aliphatic carbocycles. The number of ketones is 1. The fourth-order valence-electron chi connectivity index (χ4n) is 3.22. The quantitative estimate of drug-likeness (QED) is 0.448. The lowest BCUT2D eigenvalue weighted by Gasteiger charge is -2.09. The average molecular weight is 406 g/mol. The van der Waals surface area contributed by atoms with Gasteiger partial charge in [-0.25, -0.2) is 9.59 Å². The Balaban J connectivity index is 1.89. The minimum absolute atomic E-state index is 0.0914. The second-order valence-electron chi connectivity index (χ2n) is 6.68. The van der Waals surface area contributed by atoms with Crippen LogP contribution in [0.25, 0.3) is 33.1 Å². The molecule has 0 spiro atoms. The van der Waals surface area contributed by atoms with Crippen molar-refractivity contribution >= 4 is 27.7 Å². The van der Waals surface area contributed by atoms with Crippen LogP contribution in [0.3, 0.4) is 0 Å². The maximum atomic E-state index is 12.8. The summed E-state index contributed by atoms with van der Waals surface area (Å²) in [7, 11) is 0. The van der Waals surface area contributed by atoms with Gasteiger partial charge in [-0.2, -0.15) is 0 Å². The fourth-order valence-corrected chi connectivity index (χ4v) is 3.22. The van der Waals surface area contributed by atoms with E-state index in [2.05, 4.69) is 0 Å². The van der Waals surface area contributed by atoms with Crippen molar-refractivity contribution in [2.75, 3.05) is 13.2 Å². The second kappa shape index (κ2) is 7.87. The Morgan fingerprint density at radius 1 is 0.967 bits per heavy atom. The average Bonchev–Trinajstić information content (AvgIpc) is 2.71. The molecule has 0 radical (unpaired) electrons. The highest BCUT2D eigenvalue weighted by molar-refractivity contribution is 5.96. The molecule has 0 saturated carbocycles. The molecule has 4 rings (SSSR count). The number of hydrogen-bond donors (Lipinski definition) is 0. The Hall–Kier alpha value is -3.87. The van der Waals surface area contributed by atoms with Crippen molar-refractivity contribution in [2.45, 2.75) is 13.8 Å². The van der Waals surface area contributed by atoms with E-state index in [0.717, 1.165) is 0 Å². The van der Waals surface area contributed by atoms with Crippen molar-refractivity contribution in [1.82, 2.24) is 0 Å². The summed E-state index contributed by atoms with van der Waals surface area (Å²) in [5.74, 6) is 0.721. The van der Waals surface area contributed by atoms with Gasteiger partial charge in [0.15, 0.2) is 17.1 Å². The third kappa shape index (κ3) is 3.69. The van der Waals surface area contributed by atoms with Crippen LogP contribution in [0.2, 0.25) is 0 Å². The summed E-state index contributed by atoms with van der Waals surface area (Å²) in [4.78, 5) is 36.1. The molecule has 2 aromatic heterocycles. The number of benzene rings is 2. The number of carbonyl (C=O) groups is 1. The summed E-state index contributed by atoms with van der Waals surface area (Å²) in [6, 6.07) is 13.1. The molecule has 0 saturated heterocycles. The zero-order valence-corrected chi connectivity index (χ0v) is 16.4. The summed E-state index contributed by atoms with van der Waals surface area (Å²) in [5.41, 5.74) is -0.0214. The van der Waals surface area contributed by atoms with Crippen LogP contribution >= 0.6 is 0 Å². The first-order valence-corrected chi connectivity index (χ1v) is 9.36. The molecule has 4 aromatic rings. The van der Waals surface area contributed by atoms with Crippen LogP contribution in [0.15, 0.2) is 67.0 Å². The predicted molar refractivity (Wildman–Crippen MR) is 111 cm³/mol. The first-order chi connectivity index (χ1) is 14.5. The molecule has 2 aromatic carbocycles. The van der Waals surface area contributed by atoms with Gasteiger partial charge >= 0.3 is 11.3 Å². The number of para-hydroxylation sites is 1. The van der Waals surface area contributed by atoms with E-state index in [0.29, 0.717) is 40.0 Å². The second-order valence-corrected chi connectivity index (χ2v) is 6.68. The Kier molecular flexibility index (Phi) is 5.10.